The summed E-state index contributed by atoms with van der Waals surface area (Å²) in [7, 11) is 0. The van der Waals surface area contributed by atoms with Gasteiger partial charge in [0.25, 0.3) is 0 Å². The molecule has 114 valence electrons. The Morgan fingerprint density at radius 3 is 2.43 bits per heavy atom. The fraction of sp³-hybridized carbons (Fsp3) is 0.375. The summed E-state index contributed by atoms with van der Waals surface area (Å²) in [4.78, 5) is 23.6. The summed E-state index contributed by atoms with van der Waals surface area (Å²) in [6, 6.07) is 4.52. The third-order valence-electron chi connectivity index (χ3n) is 2.57. The maximum absolute atomic E-state index is 11.9. The summed E-state index contributed by atoms with van der Waals surface area (Å²) in [5.41, 5.74) is 0.618. The Labute approximate surface area is 124 Å². The van der Waals surface area contributed by atoms with Crippen molar-refractivity contribution in [3.05, 3.63) is 42.0 Å². The summed E-state index contributed by atoms with van der Waals surface area (Å²) in [5.74, 6) is -0.635. The lowest BCUT2D eigenvalue weighted by Crippen LogP contribution is -2.11. The molecular weight excluding hydrogens is 272 g/mol. The molecule has 0 fully saturated rings. The summed E-state index contributed by atoms with van der Waals surface area (Å²) >= 11 is 0. The fourth-order valence-corrected chi connectivity index (χ4v) is 1.61. The number of esters is 2. The number of rotatable bonds is 8. The van der Waals surface area contributed by atoms with Crippen LogP contribution in [0, 0.1) is 0 Å². The molecule has 5 heteroatoms. The summed E-state index contributed by atoms with van der Waals surface area (Å²) in [5, 5.41) is 0. The van der Waals surface area contributed by atoms with Gasteiger partial charge in [0.05, 0.1) is 25.4 Å². The Balaban J connectivity index is 3.03. The fourth-order valence-electron chi connectivity index (χ4n) is 1.61. The molecule has 1 rings (SSSR count). The highest BCUT2D eigenvalue weighted by molar-refractivity contribution is 5.96. The average Bonchev–Trinajstić information content (AvgIpc) is 2.48. The normalized spacial score (nSPS) is 9.81. The summed E-state index contributed by atoms with van der Waals surface area (Å²) in [6.07, 6.45) is 2.34. The molecule has 0 aromatic heterocycles. The number of ether oxygens (including phenoxy) is 3. The standard InChI is InChI=1S/C16H20O5/c1-4-7-10-21-14-11-12(15(17)19-5-2)8-9-13(14)16(18)20-6-3/h4,8-9,11H,1,5-7,10H2,2-3H3. The largest absolute Gasteiger partial charge is 0.492 e. The SMILES string of the molecule is C=CCCOc1cc(C(=O)OCC)ccc1C(=O)OCC. The van der Waals surface area contributed by atoms with Gasteiger partial charge >= 0.3 is 11.9 Å². The molecule has 0 saturated heterocycles. The molecule has 0 aliphatic heterocycles. The number of carbonyl (C=O) groups is 2. The zero-order valence-electron chi connectivity index (χ0n) is 12.4. The first kappa shape index (κ1) is 16.8. The second-order valence-electron chi connectivity index (χ2n) is 4.08. The van der Waals surface area contributed by atoms with E-state index in [0.29, 0.717) is 24.3 Å². The van der Waals surface area contributed by atoms with Gasteiger partial charge in [-0.15, -0.1) is 6.58 Å². The molecule has 0 unspecified atom stereocenters. The quantitative estimate of drug-likeness (QED) is 0.419. The Bertz CT molecular complexity index is 507. The molecule has 0 radical (unpaired) electrons. The second kappa shape index (κ2) is 8.79. The van der Waals surface area contributed by atoms with Crippen LogP contribution in [-0.2, 0) is 9.47 Å². The van der Waals surface area contributed by atoms with Crippen LogP contribution in [0.15, 0.2) is 30.9 Å². The van der Waals surface area contributed by atoms with Crippen LogP contribution >= 0.6 is 0 Å². The molecule has 0 saturated carbocycles. The minimum Gasteiger partial charge on any atom is -0.492 e. The number of carbonyl (C=O) groups excluding carboxylic acids is 2. The third kappa shape index (κ3) is 4.95. The van der Waals surface area contributed by atoms with Gasteiger partial charge < -0.3 is 14.2 Å². The van der Waals surface area contributed by atoms with Gasteiger partial charge in [0, 0.05) is 0 Å². The van der Waals surface area contributed by atoms with Crippen molar-refractivity contribution in [2.75, 3.05) is 19.8 Å². The Hall–Kier alpha value is -2.30. The number of hydrogen-bond donors (Lipinski definition) is 0. The molecule has 0 heterocycles. The van der Waals surface area contributed by atoms with E-state index < -0.39 is 11.9 Å². The maximum Gasteiger partial charge on any atom is 0.341 e. The molecule has 1 aromatic carbocycles. The first-order valence-corrected chi connectivity index (χ1v) is 6.86. The van der Waals surface area contributed by atoms with Crippen LogP contribution in [-0.4, -0.2) is 31.8 Å². The van der Waals surface area contributed by atoms with E-state index in [9.17, 15) is 9.59 Å². The van der Waals surface area contributed by atoms with Crippen molar-refractivity contribution in [1.29, 1.82) is 0 Å². The van der Waals surface area contributed by atoms with Crippen molar-refractivity contribution >= 4 is 11.9 Å². The highest BCUT2D eigenvalue weighted by atomic mass is 16.5. The Morgan fingerprint density at radius 1 is 1.14 bits per heavy atom. The van der Waals surface area contributed by atoms with Crippen molar-refractivity contribution in [2.24, 2.45) is 0 Å². The topological polar surface area (TPSA) is 61.8 Å². The highest BCUT2D eigenvalue weighted by Crippen LogP contribution is 2.22. The lowest BCUT2D eigenvalue weighted by molar-refractivity contribution is 0.0507. The molecule has 0 spiro atoms. The van der Waals surface area contributed by atoms with Crippen LogP contribution in [0.4, 0.5) is 0 Å². The number of hydrogen-bond acceptors (Lipinski definition) is 5. The minimum absolute atomic E-state index is 0.268. The lowest BCUT2D eigenvalue weighted by atomic mass is 10.1. The van der Waals surface area contributed by atoms with E-state index in [2.05, 4.69) is 6.58 Å². The highest BCUT2D eigenvalue weighted by Gasteiger charge is 2.17. The van der Waals surface area contributed by atoms with Gasteiger partial charge in [-0.25, -0.2) is 9.59 Å². The Kier molecular flexibility index (Phi) is 7.01. The number of benzene rings is 1. The van der Waals surface area contributed by atoms with Crippen LogP contribution in [0.5, 0.6) is 5.75 Å². The maximum atomic E-state index is 11.9. The van der Waals surface area contributed by atoms with Crippen LogP contribution in [0.1, 0.15) is 41.0 Å². The molecule has 1 aromatic rings. The van der Waals surface area contributed by atoms with Gasteiger partial charge in [-0.3, -0.25) is 0 Å². The summed E-state index contributed by atoms with van der Waals surface area (Å²) in [6.45, 7) is 7.97. The molecule has 0 aliphatic rings. The van der Waals surface area contributed by atoms with Gasteiger partial charge in [0.1, 0.15) is 11.3 Å². The van der Waals surface area contributed by atoms with Crippen LogP contribution < -0.4 is 4.74 Å². The van der Waals surface area contributed by atoms with Crippen molar-refractivity contribution in [3.63, 3.8) is 0 Å². The van der Waals surface area contributed by atoms with Gasteiger partial charge in [0.2, 0.25) is 0 Å². The smallest absolute Gasteiger partial charge is 0.341 e. The molecule has 0 N–H and O–H groups in total. The van der Waals surface area contributed by atoms with E-state index in [-0.39, 0.29) is 18.8 Å². The molecule has 0 aliphatic carbocycles. The van der Waals surface area contributed by atoms with E-state index in [0.717, 1.165) is 0 Å². The second-order valence-corrected chi connectivity index (χ2v) is 4.08. The predicted octanol–water partition coefficient (Wildman–Crippen LogP) is 2.99. The van der Waals surface area contributed by atoms with Crippen molar-refractivity contribution in [1.82, 2.24) is 0 Å². The average molecular weight is 292 g/mol. The van der Waals surface area contributed by atoms with Crippen molar-refractivity contribution in [2.45, 2.75) is 20.3 Å². The predicted molar refractivity (Wildman–Crippen MR) is 78.7 cm³/mol. The van der Waals surface area contributed by atoms with Crippen LogP contribution in [0.3, 0.4) is 0 Å². The van der Waals surface area contributed by atoms with E-state index in [1.165, 1.54) is 18.2 Å². The zero-order valence-corrected chi connectivity index (χ0v) is 12.4. The monoisotopic (exact) mass is 292 g/mol. The first-order chi connectivity index (χ1) is 10.1. The zero-order chi connectivity index (χ0) is 15.7. The third-order valence-corrected chi connectivity index (χ3v) is 2.57. The van der Waals surface area contributed by atoms with E-state index in [1.807, 2.05) is 0 Å². The van der Waals surface area contributed by atoms with Crippen LogP contribution in [0.2, 0.25) is 0 Å². The van der Waals surface area contributed by atoms with Gasteiger partial charge in [-0.05, 0) is 38.5 Å². The van der Waals surface area contributed by atoms with E-state index in [1.54, 1.807) is 19.9 Å². The van der Waals surface area contributed by atoms with Gasteiger partial charge in [-0.2, -0.15) is 0 Å². The Morgan fingerprint density at radius 2 is 1.81 bits per heavy atom. The van der Waals surface area contributed by atoms with E-state index >= 15 is 0 Å². The minimum atomic E-state index is -0.485. The molecular formula is C16H20O5. The molecule has 0 amide bonds. The van der Waals surface area contributed by atoms with Gasteiger partial charge in [-0.1, -0.05) is 6.08 Å². The van der Waals surface area contributed by atoms with Crippen molar-refractivity contribution < 1.29 is 23.8 Å². The molecule has 5 nitrogen and oxygen atoms in total. The molecule has 0 atom stereocenters. The summed E-state index contributed by atoms with van der Waals surface area (Å²) < 4.78 is 15.4. The first-order valence-electron chi connectivity index (χ1n) is 6.86. The van der Waals surface area contributed by atoms with Crippen LogP contribution in [0.25, 0.3) is 0 Å². The van der Waals surface area contributed by atoms with Crippen molar-refractivity contribution in [3.8, 4) is 5.75 Å². The van der Waals surface area contributed by atoms with E-state index in [4.69, 9.17) is 14.2 Å². The van der Waals surface area contributed by atoms with Gasteiger partial charge in [0.15, 0.2) is 0 Å². The molecule has 21 heavy (non-hydrogen) atoms. The lowest BCUT2D eigenvalue weighted by Gasteiger charge is -2.12. The molecule has 0 bridgehead atoms.